The molecule has 0 spiro atoms. The van der Waals surface area contributed by atoms with E-state index in [2.05, 4.69) is 20.9 Å². The monoisotopic (exact) mass is 345 g/mol. The van der Waals surface area contributed by atoms with Crippen molar-refractivity contribution in [1.82, 2.24) is 9.97 Å². The predicted molar refractivity (Wildman–Crippen MR) is 95.3 cm³/mol. The lowest BCUT2D eigenvalue weighted by molar-refractivity contribution is 0.145. The van der Waals surface area contributed by atoms with Crippen molar-refractivity contribution < 1.29 is 5.11 Å². The molecule has 0 saturated carbocycles. The Morgan fingerprint density at radius 1 is 1.13 bits per heavy atom. The number of hydrogen-bond acceptors (Lipinski definition) is 5. The smallest absolute Gasteiger partial charge is 0.150 e. The zero-order valence-corrected chi connectivity index (χ0v) is 14.0. The van der Waals surface area contributed by atoms with Crippen molar-refractivity contribution in [2.24, 2.45) is 0 Å². The first-order valence-electron chi connectivity index (χ1n) is 7.64. The molecule has 0 bridgehead atoms. The van der Waals surface area contributed by atoms with Crippen molar-refractivity contribution in [1.29, 1.82) is 0 Å². The second-order valence-corrected chi connectivity index (χ2v) is 7.24. The van der Waals surface area contributed by atoms with Crippen molar-refractivity contribution in [2.75, 3.05) is 18.0 Å². The average molecular weight is 346 g/mol. The molecule has 1 aromatic carbocycles. The Labute approximate surface area is 143 Å². The molecular formula is C17H16ClN3OS. The van der Waals surface area contributed by atoms with Gasteiger partial charge in [0.1, 0.15) is 12.1 Å². The molecule has 3 heterocycles. The minimum absolute atomic E-state index is 0.184. The molecule has 0 atom stereocenters. The van der Waals surface area contributed by atoms with Crippen molar-refractivity contribution in [3.05, 3.63) is 41.7 Å². The van der Waals surface area contributed by atoms with Gasteiger partial charge < -0.3 is 10.0 Å². The first kappa shape index (κ1) is 14.9. The van der Waals surface area contributed by atoms with Gasteiger partial charge in [0.25, 0.3) is 0 Å². The van der Waals surface area contributed by atoms with E-state index in [9.17, 15) is 5.11 Å². The Morgan fingerprint density at radius 2 is 1.87 bits per heavy atom. The topological polar surface area (TPSA) is 49.2 Å². The van der Waals surface area contributed by atoms with E-state index in [-0.39, 0.29) is 6.10 Å². The molecule has 1 aliphatic heterocycles. The van der Waals surface area contributed by atoms with Gasteiger partial charge in [0.15, 0.2) is 0 Å². The molecule has 2 aromatic heterocycles. The van der Waals surface area contributed by atoms with Crippen LogP contribution in [0.1, 0.15) is 12.8 Å². The van der Waals surface area contributed by atoms with E-state index in [1.54, 1.807) is 17.7 Å². The highest BCUT2D eigenvalue weighted by molar-refractivity contribution is 7.22. The van der Waals surface area contributed by atoms with Crippen molar-refractivity contribution >= 4 is 39.0 Å². The Kier molecular flexibility index (Phi) is 3.93. The van der Waals surface area contributed by atoms with Crippen LogP contribution in [0, 0.1) is 0 Å². The van der Waals surface area contributed by atoms with Gasteiger partial charge in [-0.05, 0) is 36.6 Å². The lowest BCUT2D eigenvalue weighted by Gasteiger charge is -2.30. The minimum atomic E-state index is -0.184. The fourth-order valence-electron chi connectivity index (χ4n) is 2.90. The van der Waals surface area contributed by atoms with Gasteiger partial charge in [0, 0.05) is 23.0 Å². The van der Waals surface area contributed by atoms with Gasteiger partial charge in [-0.15, -0.1) is 11.3 Å². The van der Waals surface area contributed by atoms with Crippen LogP contribution in [-0.2, 0) is 0 Å². The molecule has 3 aromatic rings. The van der Waals surface area contributed by atoms with Crippen LogP contribution in [0.2, 0.25) is 5.02 Å². The summed E-state index contributed by atoms with van der Waals surface area (Å²) in [5.74, 6) is 0.979. The number of aromatic nitrogens is 2. The highest BCUT2D eigenvalue weighted by atomic mass is 35.5. The predicted octanol–water partition coefficient (Wildman–Crippen LogP) is 3.97. The Bertz CT molecular complexity index is 825. The maximum atomic E-state index is 9.69. The van der Waals surface area contributed by atoms with Crippen LogP contribution < -0.4 is 4.90 Å². The van der Waals surface area contributed by atoms with E-state index < -0.39 is 0 Å². The van der Waals surface area contributed by atoms with E-state index >= 15 is 0 Å². The highest BCUT2D eigenvalue weighted by Crippen LogP contribution is 2.37. The van der Waals surface area contributed by atoms with Crippen LogP contribution >= 0.6 is 22.9 Å². The second kappa shape index (κ2) is 6.07. The molecule has 0 radical (unpaired) electrons. The molecule has 1 fully saturated rings. The summed E-state index contributed by atoms with van der Waals surface area (Å²) in [6.07, 6.45) is 3.03. The fraction of sp³-hybridized carbons (Fsp3) is 0.294. The molecule has 4 nitrogen and oxygen atoms in total. The maximum absolute atomic E-state index is 9.69. The van der Waals surface area contributed by atoms with E-state index in [1.165, 1.54) is 0 Å². The first-order valence-corrected chi connectivity index (χ1v) is 8.83. The maximum Gasteiger partial charge on any atom is 0.150 e. The molecule has 6 heteroatoms. The number of fused-ring (bicyclic) bond motifs is 1. The number of aliphatic hydroxyl groups excluding tert-OH is 1. The van der Waals surface area contributed by atoms with E-state index in [4.69, 9.17) is 11.6 Å². The molecular weight excluding hydrogens is 330 g/mol. The molecule has 23 heavy (non-hydrogen) atoms. The third-order valence-electron chi connectivity index (χ3n) is 4.19. The number of anilines is 1. The highest BCUT2D eigenvalue weighted by Gasteiger charge is 2.21. The summed E-state index contributed by atoms with van der Waals surface area (Å²) in [5.41, 5.74) is 2.11. The van der Waals surface area contributed by atoms with Crippen LogP contribution in [0.3, 0.4) is 0 Å². The molecule has 0 amide bonds. The normalized spacial score (nSPS) is 16.2. The Balaban J connectivity index is 1.74. The van der Waals surface area contributed by atoms with Gasteiger partial charge >= 0.3 is 0 Å². The van der Waals surface area contributed by atoms with Crippen molar-refractivity contribution in [2.45, 2.75) is 18.9 Å². The fourth-order valence-corrected chi connectivity index (χ4v) is 4.16. The third-order valence-corrected chi connectivity index (χ3v) is 5.61. The largest absolute Gasteiger partial charge is 0.393 e. The van der Waals surface area contributed by atoms with Gasteiger partial charge in [-0.25, -0.2) is 9.97 Å². The molecule has 118 valence electrons. The summed E-state index contributed by atoms with van der Waals surface area (Å²) >= 11 is 7.68. The number of thiophene rings is 1. The van der Waals surface area contributed by atoms with Gasteiger partial charge in [0.05, 0.1) is 16.3 Å². The van der Waals surface area contributed by atoms with Crippen LogP contribution in [0.25, 0.3) is 20.7 Å². The molecule has 0 aliphatic carbocycles. The van der Waals surface area contributed by atoms with Gasteiger partial charge in [0.2, 0.25) is 0 Å². The zero-order valence-electron chi connectivity index (χ0n) is 12.4. The van der Waals surface area contributed by atoms with E-state index in [0.29, 0.717) is 0 Å². The van der Waals surface area contributed by atoms with Gasteiger partial charge in [-0.1, -0.05) is 23.7 Å². The van der Waals surface area contributed by atoms with Gasteiger partial charge in [-0.2, -0.15) is 0 Å². The summed E-state index contributed by atoms with van der Waals surface area (Å²) in [6.45, 7) is 1.67. The average Bonchev–Trinajstić information content (AvgIpc) is 3.00. The first-order chi connectivity index (χ1) is 11.2. The zero-order chi connectivity index (χ0) is 15.8. The van der Waals surface area contributed by atoms with Gasteiger partial charge in [-0.3, -0.25) is 0 Å². The summed E-state index contributed by atoms with van der Waals surface area (Å²) < 4.78 is 1.11. The Morgan fingerprint density at radius 3 is 2.61 bits per heavy atom. The van der Waals surface area contributed by atoms with E-state index in [1.807, 2.05) is 24.3 Å². The number of rotatable bonds is 2. The molecule has 1 aliphatic rings. The number of benzene rings is 1. The van der Waals surface area contributed by atoms with E-state index in [0.717, 1.165) is 57.4 Å². The molecule has 1 saturated heterocycles. The van der Waals surface area contributed by atoms with Crippen molar-refractivity contribution in [3.63, 3.8) is 0 Å². The number of piperidine rings is 1. The van der Waals surface area contributed by atoms with Crippen LogP contribution in [0.15, 0.2) is 36.7 Å². The SMILES string of the molecule is OC1CCN(c2ncnc3cc(-c4ccc(Cl)cc4)sc23)CC1. The standard InChI is InChI=1S/C17H16ClN3OS/c18-12-3-1-11(2-4-12)15-9-14-16(23-15)17(20-10-19-14)21-7-5-13(22)6-8-21/h1-4,9-10,13,22H,5-8H2. The number of aliphatic hydroxyl groups is 1. The lowest BCUT2D eigenvalue weighted by Crippen LogP contribution is -2.36. The van der Waals surface area contributed by atoms with Crippen molar-refractivity contribution in [3.8, 4) is 10.4 Å². The quantitative estimate of drug-likeness (QED) is 0.763. The van der Waals surface area contributed by atoms with Crippen LogP contribution in [-0.4, -0.2) is 34.3 Å². The van der Waals surface area contributed by atoms with Crippen LogP contribution in [0.4, 0.5) is 5.82 Å². The molecule has 0 unspecified atom stereocenters. The number of halogens is 1. The summed E-state index contributed by atoms with van der Waals surface area (Å²) in [6, 6.07) is 9.96. The van der Waals surface area contributed by atoms with Crippen LogP contribution in [0.5, 0.6) is 0 Å². The second-order valence-electron chi connectivity index (χ2n) is 5.75. The Hall–Kier alpha value is -1.69. The third kappa shape index (κ3) is 2.92. The number of hydrogen-bond donors (Lipinski definition) is 1. The molecule has 1 N–H and O–H groups in total. The summed E-state index contributed by atoms with van der Waals surface area (Å²) in [5, 5.41) is 10.4. The minimum Gasteiger partial charge on any atom is -0.393 e. The lowest BCUT2D eigenvalue weighted by atomic mass is 10.1. The number of nitrogens with zero attached hydrogens (tertiary/aromatic N) is 3. The summed E-state index contributed by atoms with van der Waals surface area (Å²) in [7, 11) is 0. The molecule has 4 rings (SSSR count). The summed E-state index contributed by atoms with van der Waals surface area (Å²) in [4.78, 5) is 12.3.